The summed E-state index contributed by atoms with van der Waals surface area (Å²) < 4.78 is 5.87. The van der Waals surface area contributed by atoms with Crippen LogP contribution >= 0.6 is 11.6 Å². The molecule has 0 N–H and O–H groups in total. The van der Waals surface area contributed by atoms with Gasteiger partial charge in [0.2, 0.25) is 0 Å². The van der Waals surface area contributed by atoms with Gasteiger partial charge in [0.15, 0.2) is 0 Å². The van der Waals surface area contributed by atoms with E-state index in [-0.39, 0.29) is 11.5 Å². The van der Waals surface area contributed by atoms with Crippen molar-refractivity contribution in [2.45, 2.75) is 57.9 Å². The van der Waals surface area contributed by atoms with E-state index in [4.69, 9.17) is 16.3 Å². The minimum atomic E-state index is -0.238. The van der Waals surface area contributed by atoms with E-state index in [1.807, 2.05) is 18.2 Å². The molecule has 1 aromatic rings. The Morgan fingerprint density at radius 2 is 1.84 bits per heavy atom. The lowest BCUT2D eigenvalue weighted by Crippen LogP contribution is -2.18. The van der Waals surface area contributed by atoms with Crippen LogP contribution in [0, 0.1) is 5.92 Å². The van der Waals surface area contributed by atoms with Gasteiger partial charge in [-0.2, -0.15) is 0 Å². The minimum absolute atomic E-state index is 0.228. The maximum atomic E-state index is 6.38. The first-order valence-corrected chi connectivity index (χ1v) is 7.93. The zero-order chi connectivity index (χ0) is 14.1. The van der Waals surface area contributed by atoms with Crippen LogP contribution < -0.4 is 0 Å². The summed E-state index contributed by atoms with van der Waals surface area (Å²) in [5, 5.41) is 0. The second kappa shape index (κ2) is 9.39. The standard InChI is InChI=1S/C17H27ClO/c1-4-6-10-15(5-2)13-19-17(18)14(3)16-11-8-7-9-12-16/h7-9,11-12,14-15,17H,4-6,10,13H2,1-3H3. The molecule has 0 radical (unpaired) electrons. The normalized spacial score (nSPS) is 16.0. The molecule has 1 nitrogen and oxygen atoms in total. The first-order valence-electron chi connectivity index (χ1n) is 7.49. The Morgan fingerprint density at radius 3 is 2.42 bits per heavy atom. The highest BCUT2D eigenvalue weighted by molar-refractivity contribution is 6.20. The van der Waals surface area contributed by atoms with Gasteiger partial charge in [-0.3, -0.25) is 0 Å². The van der Waals surface area contributed by atoms with Crippen molar-refractivity contribution in [3.63, 3.8) is 0 Å². The van der Waals surface area contributed by atoms with Crippen molar-refractivity contribution in [3.05, 3.63) is 35.9 Å². The lowest BCUT2D eigenvalue weighted by molar-refractivity contribution is 0.0599. The van der Waals surface area contributed by atoms with Gasteiger partial charge in [0.25, 0.3) is 0 Å². The van der Waals surface area contributed by atoms with E-state index < -0.39 is 0 Å². The Labute approximate surface area is 123 Å². The molecule has 0 saturated carbocycles. The van der Waals surface area contributed by atoms with Crippen LogP contribution in [-0.4, -0.2) is 12.2 Å². The third kappa shape index (κ3) is 5.97. The van der Waals surface area contributed by atoms with Gasteiger partial charge >= 0.3 is 0 Å². The van der Waals surface area contributed by atoms with Crippen LogP contribution in [0.5, 0.6) is 0 Å². The van der Waals surface area contributed by atoms with Gasteiger partial charge in [-0.05, 0) is 17.9 Å². The van der Waals surface area contributed by atoms with Gasteiger partial charge in [-0.25, -0.2) is 0 Å². The summed E-state index contributed by atoms with van der Waals surface area (Å²) in [6, 6.07) is 10.3. The van der Waals surface area contributed by atoms with Gasteiger partial charge in [0, 0.05) is 5.92 Å². The predicted octanol–water partition coefficient (Wildman–Crippen LogP) is 5.59. The Balaban J connectivity index is 2.39. The summed E-state index contributed by atoms with van der Waals surface area (Å²) in [7, 11) is 0. The Hall–Kier alpha value is -0.530. The molecular weight excluding hydrogens is 256 g/mol. The third-order valence-electron chi connectivity index (χ3n) is 3.75. The molecular formula is C17H27ClO. The van der Waals surface area contributed by atoms with Crippen molar-refractivity contribution < 1.29 is 4.74 Å². The number of unbranched alkanes of at least 4 members (excludes halogenated alkanes) is 1. The van der Waals surface area contributed by atoms with Crippen LogP contribution in [0.3, 0.4) is 0 Å². The molecule has 0 heterocycles. The molecule has 0 amide bonds. The van der Waals surface area contributed by atoms with Crippen LogP contribution in [0.1, 0.15) is 57.9 Å². The first kappa shape index (κ1) is 16.5. The van der Waals surface area contributed by atoms with Crippen LogP contribution in [0.25, 0.3) is 0 Å². The SMILES string of the molecule is CCCCC(CC)COC(Cl)C(C)c1ccccc1. The zero-order valence-corrected chi connectivity index (χ0v) is 13.2. The summed E-state index contributed by atoms with van der Waals surface area (Å²) in [6.45, 7) is 7.37. The molecule has 2 heteroatoms. The molecule has 0 spiro atoms. The van der Waals surface area contributed by atoms with E-state index in [2.05, 4.69) is 32.9 Å². The monoisotopic (exact) mass is 282 g/mol. The topological polar surface area (TPSA) is 9.23 Å². The number of benzene rings is 1. The Morgan fingerprint density at radius 1 is 1.16 bits per heavy atom. The molecule has 3 atom stereocenters. The molecule has 0 aromatic heterocycles. The number of ether oxygens (including phenoxy) is 1. The highest BCUT2D eigenvalue weighted by Crippen LogP contribution is 2.25. The molecule has 1 rings (SSSR count). The number of alkyl halides is 1. The van der Waals surface area contributed by atoms with Crippen molar-refractivity contribution >= 4 is 11.6 Å². The predicted molar refractivity (Wildman–Crippen MR) is 83.8 cm³/mol. The van der Waals surface area contributed by atoms with E-state index in [0.29, 0.717) is 5.92 Å². The fourth-order valence-corrected chi connectivity index (χ4v) is 2.40. The summed E-state index contributed by atoms with van der Waals surface area (Å²) in [5.41, 5.74) is 1.00. The summed E-state index contributed by atoms with van der Waals surface area (Å²) in [6.07, 6.45) is 4.95. The maximum absolute atomic E-state index is 6.38. The fourth-order valence-electron chi connectivity index (χ4n) is 2.18. The number of rotatable bonds is 9. The van der Waals surface area contributed by atoms with Crippen molar-refractivity contribution in [2.24, 2.45) is 5.92 Å². The molecule has 108 valence electrons. The molecule has 0 aliphatic carbocycles. The van der Waals surface area contributed by atoms with Gasteiger partial charge in [0.1, 0.15) is 5.56 Å². The van der Waals surface area contributed by atoms with Crippen LogP contribution in [0.15, 0.2) is 30.3 Å². The lowest BCUT2D eigenvalue weighted by Gasteiger charge is -2.22. The Bertz CT molecular complexity index is 325. The smallest absolute Gasteiger partial charge is 0.137 e. The van der Waals surface area contributed by atoms with Gasteiger partial charge in [-0.15, -0.1) is 0 Å². The second-order valence-corrected chi connectivity index (χ2v) is 5.73. The van der Waals surface area contributed by atoms with Crippen LogP contribution in [-0.2, 0) is 4.74 Å². The van der Waals surface area contributed by atoms with Crippen molar-refractivity contribution in [3.8, 4) is 0 Å². The van der Waals surface area contributed by atoms with Crippen LogP contribution in [0.2, 0.25) is 0 Å². The van der Waals surface area contributed by atoms with Crippen molar-refractivity contribution in [2.75, 3.05) is 6.61 Å². The third-order valence-corrected chi connectivity index (χ3v) is 4.26. The molecule has 0 bridgehead atoms. The fraction of sp³-hybridized carbons (Fsp3) is 0.647. The van der Waals surface area contributed by atoms with E-state index in [1.165, 1.54) is 31.2 Å². The molecule has 1 aromatic carbocycles. The lowest BCUT2D eigenvalue weighted by atomic mass is 10.00. The average molecular weight is 283 g/mol. The molecule has 0 fully saturated rings. The maximum Gasteiger partial charge on any atom is 0.137 e. The van der Waals surface area contributed by atoms with Crippen LogP contribution in [0.4, 0.5) is 0 Å². The van der Waals surface area contributed by atoms with Gasteiger partial charge in [0.05, 0.1) is 6.61 Å². The van der Waals surface area contributed by atoms with E-state index in [1.54, 1.807) is 0 Å². The highest BCUT2D eigenvalue weighted by Gasteiger charge is 2.18. The molecule has 0 aliphatic heterocycles. The summed E-state index contributed by atoms with van der Waals surface area (Å²) in [4.78, 5) is 0. The highest BCUT2D eigenvalue weighted by atomic mass is 35.5. The second-order valence-electron chi connectivity index (χ2n) is 5.30. The summed E-state index contributed by atoms with van der Waals surface area (Å²) >= 11 is 6.38. The number of hydrogen-bond donors (Lipinski definition) is 0. The minimum Gasteiger partial charge on any atom is -0.362 e. The van der Waals surface area contributed by atoms with E-state index in [0.717, 1.165) is 6.61 Å². The van der Waals surface area contributed by atoms with Crippen molar-refractivity contribution in [1.82, 2.24) is 0 Å². The zero-order valence-electron chi connectivity index (χ0n) is 12.4. The summed E-state index contributed by atoms with van der Waals surface area (Å²) in [5.74, 6) is 0.871. The average Bonchev–Trinajstić information content (AvgIpc) is 2.47. The van der Waals surface area contributed by atoms with E-state index >= 15 is 0 Å². The molecule has 3 unspecified atom stereocenters. The number of halogens is 1. The largest absolute Gasteiger partial charge is 0.362 e. The Kier molecular flexibility index (Phi) is 8.16. The number of hydrogen-bond acceptors (Lipinski definition) is 1. The van der Waals surface area contributed by atoms with Gasteiger partial charge in [-0.1, -0.05) is 82.0 Å². The molecule has 0 aliphatic rings. The van der Waals surface area contributed by atoms with Gasteiger partial charge < -0.3 is 4.74 Å². The molecule has 19 heavy (non-hydrogen) atoms. The quantitative estimate of drug-likeness (QED) is 0.537. The first-order chi connectivity index (χ1) is 9.19. The van der Waals surface area contributed by atoms with E-state index in [9.17, 15) is 0 Å². The van der Waals surface area contributed by atoms with Crippen molar-refractivity contribution in [1.29, 1.82) is 0 Å². The molecule has 0 saturated heterocycles.